The Kier molecular flexibility index (Phi) is 7.41. The molecule has 3 rings (SSSR count). The topological polar surface area (TPSA) is 84.2 Å². The summed E-state index contributed by atoms with van der Waals surface area (Å²) in [5, 5.41) is 15.2. The summed E-state index contributed by atoms with van der Waals surface area (Å²) >= 11 is 1.40. The first kappa shape index (κ1) is 22.1. The standard InChI is InChI=1S/C24H23N3O3S/c1-16(2)14-30-24(28)18-4-8-20(9-5-18)26-13-19(12-25)23-27-22(15-31-23)17-6-10-21(29-3)11-7-17/h4-11,13,15-16,26H,14H2,1-3H3/b19-13+. The number of aromatic nitrogens is 1. The van der Waals surface area contributed by atoms with Crippen molar-refractivity contribution in [3.05, 3.63) is 70.7 Å². The van der Waals surface area contributed by atoms with Crippen molar-refractivity contribution >= 4 is 28.6 Å². The fourth-order valence-electron chi connectivity index (χ4n) is 2.62. The van der Waals surface area contributed by atoms with Crippen LogP contribution in [0.25, 0.3) is 16.8 Å². The van der Waals surface area contributed by atoms with Gasteiger partial charge in [0.15, 0.2) is 0 Å². The van der Waals surface area contributed by atoms with Crippen LogP contribution in [0, 0.1) is 17.2 Å². The number of nitriles is 1. The molecule has 1 aromatic heterocycles. The van der Waals surface area contributed by atoms with E-state index in [0.29, 0.717) is 22.8 Å². The van der Waals surface area contributed by atoms with Gasteiger partial charge in [-0.2, -0.15) is 5.26 Å². The number of rotatable bonds is 8. The Bertz CT molecular complexity index is 1090. The van der Waals surface area contributed by atoms with Gasteiger partial charge in [-0.05, 0) is 54.4 Å². The molecule has 0 amide bonds. The van der Waals surface area contributed by atoms with Crippen molar-refractivity contribution in [2.45, 2.75) is 13.8 Å². The van der Waals surface area contributed by atoms with Gasteiger partial charge >= 0.3 is 5.97 Å². The van der Waals surface area contributed by atoms with Crippen LogP contribution in [0.2, 0.25) is 0 Å². The predicted octanol–water partition coefficient (Wildman–Crippen LogP) is 5.61. The van der Waals surface area contributed by atoms with Gasteiger partial charge in [0.25, 0.3) is 0 Å². The van der Waals surface area contributed by atoms with Crippen LogP contribution in [0.4, 0.5) is 5.69 Å². The number of ether oxygens (including phenoxy) is 2. The third kappa shape index (κ3) is 5.93. The molecule has 31 heavy (non-hydrogen) atoms. The van der Waals surface area contributed by atoms with Crippen molar-refractivity contribution in [3.63, 3.8) is 0 Å². The van der Waals surface area contributed by atoms with E-state index in [9.17, 15) is 10.1 Å². The molecule has 0 saturated carbocycles. The number of allylic oxidation sites excluding steroid dienone is 1. The molecule has 7 heteroatoms. The molecule has 0 radical (unpaired) electrons. The second-order valence-corrected chi connectivity index (χ2v) is 8.01. The van der Waals surface area contributed by atoms with E-state index in [0.717, 1.165) is 22.7 Å². The first-order chi connectivity index (χ1) is 15.0. The number of anilines is 1. The van der Waals surface area contributed by atoms with Gasteiger partial charge in [-0.3, -0.25) is 0 Å². The van der Waals surface area contributed by atoms with Crippen molar-refractivity contribution in [1.29, 1.82) is 5.26 Å². The maximum absolute atomic E-state index is 12.0. The first-order valence-corrected chi connectivity index (χ1v) is 10.6. The molecule has 0 aliphatic heterocycles. The number of carbonyl (C=O) groups excluding carboxylic acids is 1. The monoisotopic (exact) mass is 433 g/mol. The highest BCUT2D eigenvalue weighted by Crippen LogP contribution is 2.27. The zero-order chi connectivity index (χ0) is 22.2. The maximum Gasteiger partial charge on any atom is 0.338 e. The van der Waals surface area contributed by atoms with E-state index in [-0.39, 0.29) is 11.9 Å². The average molecular weight is 434 g/mol. The second-order valence-electron chi connectivity index (χ2n) is 7.15. The van der Waals surface area contributed by atoms with Gasteiger partial charge in [-0.25, -0.2) is 9.78 Å². The van der Waals surface area contributed by atoms with Crippen LogP contribution in [0.1, 0.15) is 29.2 Å². The van der Waals surface area contributed by atoms with Crippen LogP contribution < -0.4 is 10.1 Å². The van der Waals surface area contributed by atoms with Gasteiger partial charge in [-0.15, -0.1) is 11.3 Å². The molecular weight excluding hydrogens is 410 g/mol. The molecule has 0 atom stereocenters. The predicted molar refractivity (Wildman–Crippen MR) is 123 cm³/mol. The molecule has 0 bridgehead atoms. The Morgan fingerprint density at radius 3 is 2.52 bits per heavy atom. The quantitative estimate of drug-likeness (QED) is 0.367. The van der Waals surface area contributed by atoms with E-state index >= 15 is 0 Å². The molecule has 1 N–H and O–H groups in total. The van der Waals surface area contributed by atoms with Gasteiger partial charge in [0.05, 0.1) is 25.0 Å². The minimum absolute atomic E-state index is 0.288. The second kappa shape index (κ2) is 10.4. The van der Waals surface area contributed by atoms with Crippen molar-refractivity contribution in [1.82, 2.24) is 4.98 Å². The lowest BCUT2D eigenvalue weighted by Gasteiger charge is -2.07. The smallest absolute Gasteiger partial charge is 0.338 e. The number of hydrogen-bond donors (Lipinski definition) is 1. The van der Waals surface area contributed by atoms with Gasteiger partial charge in [0.1, 0.15) is 22.4 Å². The molecular formula is C24H23N3O3S. The number of esters is 1. The van der Waals surface area contributed by atoms with Gasteiger partial charge in [0, 0.05) is 22.8 Å². The van der Waals surface area contributed by atoms with E-state index in [4.69, 9.17) is 9.47 Å². The Balaban J connectivity index is 1.67. The summed E-state index contributed by atoms with van der Waals surface area (Å²) in [6.45, 7) is 4.36. The van der Waals surface area contributed by atoms with Gasteiger partial charge in [-0.1, -0.05) is 13.8 Å². The Hall–Kier alpha value is -3.63. The van der Waals surface area contributed by atoms with Crippen molar-refractivity contribution in [3.8, 4) is 23.1 Å². The molecule has 0 aliphatic carbocycles. The lowest BCUT2D eigenvalue weighted by Crippen LogP contribution is -2.10. The largest absolute Gasteiger partial charge is 0.497 e. The molecule has 0 saturated heterocycles. The SMILES string of the molecule is COc1ccc(-c2csc(/C(C#N)=C/Nc3ccc(C(=O)OCC(C)C)cc3)n2)cc1. The number of methoxy groups -OCH3 is 1. The molecule has 3 aromatic rings. The average Bonchev–Trinajstić information content (AvgIpc) is 3.28. The number of nitrogens with zero attached hydrogens (tertiary/aromatic N) is 2. The Morgan fingerprint density at radius 1 is 1.19 bits per heavy atom. The highest BCUT2D eigenvalue weighted by molar-refractivity contribution is 7.11. The summed E-state index contributed by atoms with van der Waals surface area (Å²) in [7, 11) is 1.62. The van der Waals surface area contributed by atoms with Crippen LogP contribution in [0.3, 0.4) is 0 Å². The highest BCUT2D eigenvalue weighted by atomic mass is 32.1. The first-order valence-electron chi connectivity index (χ1n) is 9.74. The van der Waals surface area contributed by atoms with Gasteiger partial charge in [0.2, 0.25) is 0 Å². The lowest BCUT2D eigenvalue weighted by atomic mass is 10.2. The summed E-state index contributed by atoms with van der Waals surface area (Å²) in [6, 6.07) is 16.7. The van der Waals surface area contributed by atoms with Crippen LogP contribution in [0.15, 0.2) is 60.1 Å². The van der Waals surface area contributed by atoms with Gasteiger partial charge < -0.3 is 14.8 Å². The third-order valence-corrected chi connectivity index (χ3v) is 5.17. The van der Waals surface area contributed by atoms with Crippen LogP contribution in [-0.2, 0) is 4.74 Å². The molecule has 0 fully saturated rings. The summed E-state index contributed by atoms with van der Waals surface area (Å²) in [5.74, 6) is 0.720. The van der Waals surface area contributed by atoms with Crippen molar-refractivity contribution in [2.75, 3.05) is 19.0 Å². The normalized spacial score (nSPS) is 11.1. The summed E-state index contributed by atoms with van der Waals surface area (Å²) in [6.07, 6.45) is 1.61. The number of hydrogen-bond acceptors (Lipinski definition) is 7. The minimum Gasteiger partial charge on any atom is -0.497 e. The minimum atomic E-state index is -0.345. The molecule has 158 valence electrons. The molecule has 6 nitrogen and oxygen atoms in total. The fraction of sp³-hybridized carbons (Fsp3) is 0.208. The summed E-state index contributed by atoms with van der Waals surface area (Å²) in [4.78, 5) is 16.6. The highest BCUT2D eigenvalue weighted by Gasteiger charge is 2.10. The van der Waals surface area contributed by atoms with E-state index in [1.165, 1.54) is 11.3 Å². The summed E-state index contributed by atoms with van der Waals surface area (Å²) < 4.78 is 10.4. The Morgan fingerprint density at radius 2 is 1.90 bits per heavy atom. The molecule has 0 aliphatic rings. The van der Waals surface area contributed by atoms with Crippen molar-refractivity contribution < 1.29 is 14.3 Å². The van der Waals surface area contributed by atoms with E-state index in [1.54, 1.807) is 37.6 Å². The summed E-state index contributed by atoms with van der Waals surface area (Å²) in [5.41, 5.74) is 3.41. The van der Waals surface area contributed by atoms with Crippen LogP contribution >= 0.6 is 11.3 Å². The zero-order valence-corrected chi connectivity index (χ0v) is 18.4. The maximum atomic E-state index is 12.0. The Labute approximate surface area is 185 Å². The van der Waals surface area contributed by atoms with Crippen LogP contribution in [0.5, 0.6) is 5.75 Å². The van der Waals surface area contributed by atoms with Crippen molar-refractivity contribution in [2.24, 2.45) is 5.92 Å². The number of thiazole rings is 1. The fourth-order valence-corrected chi connectivity index (χ4v) is 3.41. The van der Waals surface area contributed by atoms with E-state index < -0.39 is 0 Å². The van der Waals surface area contributed by atoms with Crippen LogP contribution in [-0.4, -0.2) is 24.7 Å². The number of benzene rings is 2. The molecule has 0 unspecified atom stereocenters. The molecule has 0 spiro atoms. The van der Waals surface area contributed by atoms with E-state index in [1.807, 2.05) is 43.5 Å². The van der Waals surface area contributed by atoms with E-state index in [2.05, 4.69) is 16.4 Å². The molecule has 2 aromatic carbocycles. The zero-order valence-electron chi connectivity index (χ0n) is 17.6. The lowest BCUT2D eigenvalue weighted by molar-refractivity contribution is 0.0459. The number of nitrogens with one attached hydrogen (secondary N) is 1. The third-order valence-electron chi connectivity index (χ3n) is 4.29. The number of carbonyl (C=O) groups is 1. The molecule has 1 heterocycles.